The van der Waals surface area contributed by atoms with Gasteiger partial charge in [0.05, 0.1) is 0 Å². The summed E-state index contributed by atoms with van der Waals surface area (Å²) in [4.78, 5) is 22.2. The number of hydrogen-bond donors (Lipinski definition) is 1. The van der Waals surface area contributed by atoms with E-state index in [4.69, 9.17) is 4.74 Å². The topological polar surface area (TPSA) is 64.1 Å². The van der Waals surface area contributed by atoms with Crippen molar-refractivity contribution in [2.24, 2.45) is 0 Å². The first-order valence-electron chi connectivity index (χ1n) is 9.90. The fourth-order valence-electron chi connectivity index (χ4n) is 3.35. The van der Waals surface area contributed by atoms with Crippen LogP contribution >= 0.6 is 11.8 Å². The van der Waals surface area contributed by atoms with Crippen LogP contribution in [0.5, 0.6) is 11.6 Å². The predicted octanol–water partition coefficient (Wildman–Crippen LogP) is 5.48. The van der Waals surface area contributed by atoms with Gasteiger partial charge in [-0.1, -0.05) is 49.2 Å². The van der Waals surface area contributed by atoms with Gasteiger partial charge < -0.3 is 10.1 Å². The second-order valence-electron chi connectivity index (χ2n) is 7.02. The van der Waals surface area contributed by atoms with Crippen molar-refractivity contribution in [1.29, 1.82) is 0 Å². The maximum Gasteiger partial charge on any atom is 0.252 e. The van der Waals surface area contributed by atoms with Crippen LogP contribution in [0.15, 0.2) is 76.9 Å². The Labute approximate surface area is 174 Å². The largest absolute Gasteiger partial charge is 0.437 e. The molecule has 3 aromatic rings. The van der Waals surface area contributed by atoms with Gasteiger partial charge in [0, 0.05) is 28.9 Å². The van der Waals surface area contributed by atoms with Gasteiger partial charge in [0.15, 0.2) is 5.03 Å². The molecule has 0 radical (unpaired) electrons. The molecule has 1 aliphatic carbocycles. The lowest BCUT2D eigenvalue weighted by Crippen LogP contribution is -2.36. The molecule has 0 spiro atoms. The zero-order valence-electron chi connectivity index (χ0n) is 16.1. The highest BCUT2D eigenvalue weighted by Crippen LogP contribution is 2.33. The molecule has 1 amide bonds. The fourth-order valence-corrected chi connectivity index (χ4v) is 4.17. The van der Waals surface area contributed by atoms with Gasteiger partial charge in [-0.15, -0.1) is 0 Å². The molecule has 0 aliphatic heterocycles. The number of nitrogens with zero attached hydrogens (tertiary/aromatic N) is 2. The van der Waals surface area contributed by atoms with Crippen LogP contribution in [0.3, 0.4) is 0 Å². The van der Waals surface area contributed by atoms with E-state index in [-0.39, 0.29) is 5.91 Å². The van der Waals surface area contributed by atoms with Crippen molar-refractivity contribution >= 4 is 17.7 Å². The van der Waals surface area contributed by atoms with E-state index in [1.807, 2.05) is 30.3 Å². The zero-order valence-corrected chi connectivity index (χ0v) is 16.9. The smallest absolute Gasteiger partial charge is 0.252 e. The Morgan fingerprint density at radius 2 is 1.66 bits per heavy atom. The van der Waals surface area contributed by atoms with Crippen molar-refractivity contribution in [3.05, 3.63) is 72.6 Å². The molecule has 0 atom stereocenters. The van der Waals surface area contributed by atoms with E-state index in [2.05, 4.69) is 15.3 Å². The number of aromatic nitrogens is 2. The summed E-state index contributed by atoms with van der Waals surface area (Å²) in [5.41, 5.74) is 0.640. The highest BCUT2D eigenvalue weighted by molar-refractivity contribution is 7.99. The number of ether oxygens (including phenoxy) is 1. The Balaban J connectivity index is 1.42. The van der Waals surface area contributed by atoms with Gasteiger partial charge in [-0.05, 0) is 49.2 Å². The number of carbonyl (C=O) groups excluding carboxylic acids is 1. The highest BCUT2D eigenvalue weighted by Gasteiger charge is 2.17. The third-order valence-corrected chi connectivity index (χ3v) is 5.84. The monoisotopic (exact) mass is 405 g/mol. The van der Waals surface area contributed by atoms with Crippen molar-refractivity contribution < 1.29 is 9.53 Å². The Hall–Kier alpha value is -2.86. The summed E-state index contributed by atoms with van der Waals surface area (Å²) in [6, 6.07) is 17.4. The molecule has 1 heterocycles. The minimum atomic E-state index is -0.0247. The van der Waals surface area contributed by atoms with Gasteiger partial charge in [0.2, 0.25) is 0 Å². The fraction of sp³-hybridized carbons (Fsp3) is 0.261. The minimum Gasteiger partial charge on any atom is -0.437 e. The quantitative estimate of drug-likeness (QED) is 0.588. The third kappa shape index (κ3) is 5.35. The Bertz CT molecular complexity index is 942. The van der Waals surface area contributed by atoms with Crippen LogP contribution in [-0.4, -0.2) is 21.9 Å². The SMILES string of the molecule is O=C(NC1CCCCC1)c1ccc(Oc2nccnc2Sc2ccccc2)cc1. The molecule has 1 fully saturated rings. The molecule has 0 bridgehead atoms. The van der Waals surface area contributed by atoms with Gasteiger partial charge in [0.1, 0.15) is 5.75 Å². The summed E-state index contributed by atoms with van der Waals surface area (Å²) in [6.07, 6.45) is 9.06. The first-order chi connectivity index (χ1) is 14.3. The van der Waals surface area contributed by atoms with Crippen molar-refractivity contribution in [2.45, 2.75) is 48.1 Å². The zero-order chi connectivity index (χ0) is 19.9. The molecule has 4 rings (SSSR count). The van der Waals surface area contributed by atoms with E-state index in [0.717, 1.165) is 17.7 Å². The van der Waals surface area contributed by atoms with Crippen molar-refractivity contribution in [3.63, 3.8) is 0 Å². The van der Waals surface area contributed by atoms with Crippen molar-refractivity contribution in [2.75, 3.05) is 0 Å². The second-order valence-corrected chi connectivity index (χ2v) is 8.08. The molecule has 1 aromatic heterocycles. The molecule has 0 saturated heterocycles. The number of nitrogens with one attached hydrogen (secondary N) is 1. The molecule has 1 aliphatic rings. The number of carbonyl (C=O) groups is 1. The maximum atomic E-state index is 12.5. The van der Waals surface area contributed by atoms with Crippen LogP contribution in [0.1, 0.15) is 42.5 Å². The molecule has 29 heavy (non-hydrogen) atoms. The molecular formula is C23H23N3O2S. The standard InChI is InChI=1S/C23H23N3O2S/c27-21(26-18-7-3-1-4-8-18)17-11-13-19(14-12-17)28-22-23(25-16-15-24-22)29-20-9-5-2-6-10-20/h2,5-6,9-16,18H,1,3-4,7-8H2,(H,26,27). The average Bonchev–Trinajstić information content (AvgIpc) is 2.77. The first kappa shape index (κ1) is 19.5. The molecule has 2 aromatic carbocycles. The predicted molar refractivity (Wildman–Crippen MR) is 113 cm³/mol. The molecule has 1 N–H and O–H groups in total. The van der Waals surface area contributed by atoms with Gasteiger partial charge in [-0.3, -0.25) is 4.79 Å². The van der Waals surface area contributed by atoms with Crippen LogP contribution in [-0.2, 0) is 0 Å². The van der Waals surface area contributed by atoms with E-state index < -0.39 is 0 Å². The van der Waals surface area contributed by atoms with Gasteiger partial charge in [-0.25, -0.2) is 9.97 Å². The van der Waals surface area contributed by atoms with Crippen LogP contribution in [0.25, 0.3) is 0 Å². The lowest BCUT2D eigenvalue weighted by atomic mass is 9.95. The van der Waals surface area contributed by atoms with E-state index in [0.29, 0.717) is 28.3 Å². The summed E-state index contributed by atoms with van der Waals surface area (Å²) < 4.78 is 5.94. The van der Waals surface area contributed by atoms with Gasteiger partial charge in [0.25, 0.3) is 11.8 Å². The number of amides is 1. The molecule has 1 saturated carbocycles. The van der Waals surface area contributed by atoms with E-state index >= 15 is 0 Å². The molecule has 0 unspecified atom stereocenters. The van der Waals surface area contributed by atoms with Gasteiger partial charge in [-0.2, -0.15) is 0 Å². The number of benzene rings is 2. The van der Waals surface area contributed by atoms with Crippen LogP contribution in [0.4, 0.5) is 0 Å². The highest BCUT2D eigenvalue weighted by atomic mass is 32.2. The van der Waals surface area contributed by atoms with Crippen molar-refractivity contribution in [3.8, 4) is 11.6 Å². The Morgan fingerprint density at radius 3 is 2.41 bits per heavy atom. The van der Waals surface area contributed by atoms with Crippen LogP contribution < -0.4 is 10.1 Å². The van der Waals surface area contributed by atoms with Crippen molar-refractivity contribution in [1.82, 2.24) is 15.3 Å². The lowest BCUT2D eigenvalue weighted by Gasteiger charge is -2.22. The number of hydrogen-bond acceptors (Lipinski definition) is 5. The summed E-state index contributed by atoms with van der Waals surface area (Å²) in [6.45, 7) is 0. The minimum absolute atomic E-state index is 0.0247. The summed E-state index contributed by atoms with van der Waals surface area (Å²) >= 11 is 1.50. The molecule has 6 heteroatoms. The van der Waals surface area contributed by atoms with E-state index in [1.165, 1.54) is 31.0 Å². The summed E-state index contributed by atoms with van der Waals surface area (Å²) in [5, 5.41) is 3.83. The van der Waals surface area contributed by atoms with Crippen LogP contribution in [0, 0.1) is 0 Å². The normalized spacial score (nSPS) is 14.3. The van der Waals surface area contributed by atoms with E-state index in [9.17, 15) is 4.79 Å². The molecular weight excluding hydrogens is 382 g/mol. The summed E-state index contributed by atoms with van der Waals surface area (Å²) in [7, 11) is 0. The van der Waals surface area contributed by atoms with E-state index in [1.54, 1.807) is 36.7 Å². The van der Waals surface area contributed by atoms with Crippen LogP contribution in [0.2, 0.25) is 0 Å². The molecule has 5 nitrogen and oxygen atoms in total. The van der Waals surface area contributed by atoms with Gasteiger partial charge >= 0.3 is 0 Å². The first-order valence-corrected chi connectivity index (χ1v) is 10.7. The Kier molecular flexibility index (Phi) is 6.42. The third-order valence-electron chi connectivity index (χ3n) is 4.86. The maximum absolute atomic E-state index is 12.5. The molecule has 148 valence electrons. The second kappa shape index (κ2) is 9.56. The summed E-state index contributed by atoms with van der Waals surface area (Å²) in [5.74, 6) is 1.04. The lowest BCUT2D eigenvalue weighted by molar-refractivity contribution is 0.0927. The number of rotatable bonds is 6. The average molecular weight is 406 g/mol. The Morgan fingerprint density at radius 1 is 0.931 bits per heavy atom.